The zero-order valence-electron chi connectivity index (χ0n) is 25.2. The molecule has 0 aliphatic rings. The van der Waals surface area contributed by atoms with Crippen LogP contribution < -0.4 is 0 Å². The lowest BCUT2D eigenvalue weighted by molar-refractivity contribution is 0.669. The Bertz CT molecular complexity index is 2910. The molecule has 3 heterocycles. The fourth-order valence-electron chi connectivity index (χ4n) is 7.41. The van der Waals surface area contributed by atoms with Crippen molar-refractivity contribution >= 4 is 65.6 Å². The molecule has 3 aromatic heterocycles. The van der Waals surface area contributed by atoms with Crippen molar-refractivity contribution in [3.8, 4) is 28.6 Å². The fraction of sp³-hybridized carbons (Fsp3) is 0. The molecule has 0 radical (unpaired) electrons. The lowest BCUT2D eigenvalue weighted by Crippen LogP contribution is -1.94. The number of nitriles is 1. The summed E-state index contributed by atoms with van der Waals surface area (Å²) in [4.78, 5) is 0. The second kappa shape index (κ2) is 9.71. The Morgan fingerprint density at radius 2 is 0.936 bits per heavy atom. The van der Waals surface area contributed by atoms with E-state index in [1.54, 1.807) is 0 Å². The summed E-state index contributed by atoms with van der Waals surface area (Å²) in [6.45, 7) is 0. The van der Waals surface area contributed by atoms with Crippen molar-refractivity contribution in [2.24, 2.45) is 0 Å². The predicted octanol–water partition coefficient (Wildman–Crippen LogP) is 11.3. The van der Waals surface area contributed by atoms with Gasteiger partial charge in [-0.1, -0.05) is 72.8 Å². The highest BCUT2D eigenvalue weighted by Gasteiger charge is 2.17. The first-order chi connectivity index (χ1) is 23.2. The van der Waals surface area contributed by atoms with Crippen molar-refractivity contribution in [1.82, 2.24) is 9.13 Å². The molecule has 0 unspecified atom stereocenters. The molecule has 7 aromatic carbocycles. The highest BCUT2D eigenvalue weighted by molar-refractivity contribution is 6.13. The second-order valence-electron chi connectivity index (χ2n) is 12.1. The molecule has 0 atom stereocenters. The summed E-state index contributed by atoms with van der Waals surface area (Å²) in [5.41, 5.74) is 11.4. The van der Waals surface area contributed by atoms with Gasteiger partial charge in [0.15, 0.2) is 0 Å². The minimum atomic E-state index is 0.658. The number of rotatable bonds is 3. The van der Waals surface area contributed by atoms with Gasteiger partial charge in [-0.3, -0.25) is 0 Å². The van der Waals surface area contributed by atoms with Crippen LogP contribution in [0.1, 0.15) is 5.56 Å². The molecule has 0 spiro atoms. The molecule has 0 aliphatic carbocycles. The molecule has 0 N–H and O–H groups in total. The van der Waals surface area contributed by atoms with Crippen molar-refractivity contribution in [1.29, 1.82) is 5.26 Å². The molecule has 218 valence electrons. The van der Waals surface area contributed by atoms with Crippen LogP contribution in [0.5, 0.6) is 0 Å². The topological polar surface area (TPSA) is 46.8 Å². The Labute approximate surface area is 269 Å². The largest absolute Gasteiger partial charge is 0.456 e. The molecule has 4 heteroatoms. The number of benzene rings is 7. The number of furan rings is 1. The standard InChI is InChI=1S/C43H25N3O/c44-26-27-14-18-40-34(22-27)32-10-4-6-12-38(32)45(40)30-16-20-42-36(24-30)37-25-31(17-21-43(37)47-42)46-39-13-7-5-11-33(39)35-23-29(15-19-41(35)46)28-8-2-1-3-9-28/h1-25H. The maximum absolute atomic E-state index is 9.59. The van der Waals surface area contributed by atoms with Gasteiger partial charge in [0, 0.05) is 43.7 Å². The average molecular weight is 600 g/mol. The van der Waals surface area contributed by atoms with E-state index in [9.17, 15) is 5.26 Å². The quantitative estimate of drug-likeness (QED) is 0.203. The summed E-state index contributed by atoms with van der Waals surface area (Å²) in [7, 11) is 0. The van der Waals surface area contributed by atoms with Crippen LogP contribution in [0.4, 0.5) is 0 Å². The summed E-state index contributed by atoms with van der Waals surface area (Å²) >= 11 is 0. The van der Waals surface area contributed by atoms with Gasteiger partial charge < -0.3 is 13.6 Å². The third kappa shape index (κ3) is 3.75. The smallest absolute Gasteiger partial charge is 0.135 e. The highest BCUT2D eigenvalue weighted by atomic mass is 16.3. The van der Waals surface area contributed by atoms with Crippen molar-refractivity contribution in [2.45, 2.75) is 0 Å². The van der Waals surface area contributed by atoms with Gasteiger partial charge in [-0.05, 0) is 90.0 Å². The highest BCUT2D eigenvalue weighted by Crippen LogP contribution is 2.39. The van der Waals surface area contributed by atoms with E-state index in [0.717, 1.165) is 55.1 Å². The zero-order valence-corrected chi connectivity index (χ0v) is 25.2. The molecule has 4 nitrogen and oxygen atoms in total. The Morgan fingerprint density at radius 3 is 1.55 bits per heavy atom. The summed E-state index contributed by atoms with van der Waals surface area (Å²) in [6.07, 6.45) is 0. The first kappa shape index (κ1) is 25.7. The maximum Gasteiger partial charge on any atom is 0.135 e. The van der Waals surface area contributed by atoms with E-state index in [1.807, 2.05) is 12.1 Å². The van der Waals surface area contributed by atoms with Gasteiger partial charge in [-0.15, -0.1) is 0 Å². The summed E-state index contributed by atoms with van der Waals surface area (Å²) < 4.78 is 11.0. The molecular formula is C43H25N3O. The zero-order chi connectivity index (χ0) is 31.1. The molecule has 0 saturated heterocycles. The van der Waals surface area contributed by atoms with Crippen LogP contribution >= 0.6 is 0 Å². The first-order valence-corrected chi connectivity index (χ1v) is 15.7. The first-order valence-electron chi connectivity index (χ1n) is 15.7. The third-order valence-electron chi connectivity index (χ3n) is 9.53. The SMILES string of the molecule is N#Cc1ccc2c(c1)c1ccccc1n2-c1ccc2oc3ccc(-n4c5ccccc5c5cc(-c6ccccc6)ccc54)cc3c2c1. The van der Waals surface area contributed by atoms with E-state index >= 15 is 0 Å². The van der Waals surface area contributed by atoms with Crippen molar-refractivity contribution < 1.29 is 4.42 Å². The van der Waals surface area contributed by atoms with Crippen molar-refractivity contribution in [3.63, 3.8) is 0 Å². The van der Waals surface area contributed by atoms with Gasteiger partial charge >= 0.3 is 0 Å². The molecule has 0 bridgehead atoms. The van der Waals surface area contributed by atoms with Gasteiger partial charge in [0.2, 0.25) is 0 Å². The van der Waals surface area contributed by atoms with E-state index in [2.05, 4.69) is 155 Å². The lowest BCUT2D eigenvalue weighted by Gasteiger charge is -2.09. The second-order valence-corrected chi connectivity index (χ2v) is 12.1. The maximum atomic E-state index is 9.59. The van der Waals surface area contributed by atoms with E-state index in [4.69, 9.17) is 4.42 Å². The molecule has 0 aliphatic heterocycles. The van der Waals surface area contributed by atoms with E-state index < -0.39 is 0 Å². The Kier molecular flexibility index (Phi) is 5.32. The number of nitrogens with zero attached hydrogens (tertiary/aromatic N) is 3. The molecule has 10 rings (SSSR count). The number of para-hydroxylation sites is 2. The fourth-order valence-corrected chi connectivity index (χ4v) is 7.41. The lowest BCUT2D eigenvalue weighted by atomic mass is 10.0. The Balaban J connectivity index is 1.19. The molecule has 0 saturated carbocycles. The molecule has 47 heavy (non-hydrogen) atoms. The molecule has 0 fully saturated rings. The number of aromatic nitrogens is 2. The van der Waals surface area contributed by atoms with Crippen LogP contribution in [0.2, 0.25) is 0 Å². The van der Waals surface area contributed by atoms with Crippen LogP contribution in [-0.2, 0) is 0 Å². The van der Waals surface area contributed by atoms with E-state index in [0.29, 0.717) is 5.56 Å². The normalized spacial score (nSPS) is 11.8. The molecular weight excluding hydrogens is 574 g/mol. The average Bonchev–Trinajstić information content (AvgIpc) is 3.78. The van der Waals surface area contributed by atoms with Crippen LogP contribution in [-0.4, -0.2) is 9.13 Å². The third-order valence-corrected chi connectivity index (χ3v) is 9.53. The Morgan fingerprint density at radius 1 is 0.404 bits per heavy atom. The van der Waals surface area contributed by atoms with Gasteiger partial charge in [-0.2, -0.15) is 5.26 Å². The van der Waals surface area contributed by atoms with Crippen molar-refractivity contribution in [2.75, 3.05) is 0 Å². The Hall–Kier alpha value is -6.57. The van der Waals surface area contributed by atoms with Gasteiger partial charge in [-0.25, -0.2) is 0 Å². The summed E-state index contributed by atoms with van der Waals surface area (Å²) in [5, 5.41) is 16.4. The van der Waals surface area contributed by atoms with Crippen molar-refractivity contribution in [3.05, 3.63) is 157 Å². The number of hydrogen-bond acceptors (Lipinski definition) is 2. The molecule has 0 amide bonds. The van der Waals surface area contributed by atoms with Crippen LogP contribution in [0, 0.1) is 11.3 Å². The monoisotopic (exact) mass is 599 g/mol. The number of fused-ring (bicyclic) bond motifs is 9. The van der Waals surface area contributed by atoms with E-state index in [-0.39, 0.29) is 0 Å². The van der Waals surface area contributed by atoms with Gasteiger partial charge in [0.05, 0.1) is 33.7 Å². The van der Waals surface area contributed by atoms with Crippen LogP contribution in [0.25, 0.3) is 88.1 Å². The van der Waals surface area contributed by atoms with Crippen LogP contribution in [0.3, 0.4) is 0 Å². The summed E-state index contributed by atoms with van der Waals surface area (Å²) in [5.74, 6) is 0. The van der Waals surface area contributed by atoms with Crippen LogP contribution in [0.15, 0.2) is 156 Å². The number of hydrogen-bond donors (Lipinski definition) is 0. The minimum absolute atomic E-state index is 0.658. The van der Waals surface area contributed by atoms with E-state index in [1.165, 1.54) is 32.9 Å². The minimum Gasteiger partial charge on any atom is -0.456 e. The summed E-state index contributed by atoms with van der Waals surface area (Å²) in [6, 6.07) is 55.5. The van der Waals surface area contributed by atoms with Gasteiger partial charge in [0.25, 0.3) is 0 Å². The predicted molar refractivity (Wildman–Crippen MR) is 193 cm³/mol. The van der Waals surface area contributed by atoms with Gasteiger partial charge in [0.1, 0.15) is 11.2 Å². The molecule has 10 aromatic rings.